The third-order valence-corrected chi connectivity index (χ3v) is 4.19. The van der Waals surface area contributed by atoms with Crippen LogP contribution in [0, 0.1) is 0 Å². The smallest absolute Gasteiger partial charge is 0.269 e. The van der Waals surface area contributed by atoms with E-state index >= 15 is 0 Å². The summed E-state index contributed by atoms with van der Waals surface area (Å²) in [6.07, 6.45) is 6.38. The molecule has 0 aliphatic rings. The summed E-state index contributed by atoms with van der Waals surface area (Å²) in [5.74, 6) is 0.566. The normalized spacial score (nSPS) is 10.8. The summed E-state index contributed by atoms with van der Waals surface area (Å²) in [5, 5.41) is 0. The Hall–Kier alpha value is -3.54. The van der Waals surface area contributed by atoms with Crippen molar-refractivity contribution in [3.05, 3.63) is 83.2 Å². The molecule has 0 unspecified atom stereocenters. The van der Waals surface area contributed by atoms with Crippen molar-refractivity contribution in [2.75, 3.05) is 7.11 Å². The topological polar surface area (TPSA) is 69.9 Å². The van der Waals surface area contributed by atoms with Crippen molar-refractivity contribution in [1.82, 2.24) is 19.5 Å². The number of benzene rings is 1. The molecule has 26 heavy (non-hydrogen) atoms. The third-order valence-electron chi connectivity index (χ3n) is 4.19. The van der Waals surface area contributed by atoms with Crippen LogP contribution in [0.2, 0.25) is 0 Å². The van der Waals surface area contributed by atoms with Gasteiger partial charge in [0.15, 0.2) is 0 Å². The van der Waals surface area contributed by atoms with Gasteiger partial charge in [0.05, 0.1) is 31.6 Å². The molecule has 3 aromatic heterocycles. The summed E-state index contributed by atoms with van der Waals surface area (Å²) < 4.78 is 6.90. The Morgan fingerprint density at radius 1 is 1.00 bits per heavy atom. The van der Waals surface area contributed by atoms with Gasteiger partial charge in [0.1, 0.15) is 5.52 Å². The Labute approximate surface area is 149 Å². The summed E-state index contributed by atoms with van der Waals surface area (Å²) in [6, 6.07) is 13.7. The van der Waals surface area contributed by atoms with Crippen LogP contribution in [0.4, 0.5) is 0 Å². The van der Waals surface area contributed by atoms with Crippen molar-refractivity contribution in [3.63, 3.8) is 0 Å². The first-order valence-corrected chi connectivity index (χ1v) is 8.13. The van der Waals surface area contributed by atoms with Crippen LogP contribution in [0.15, 0.2) is 72.0 Å². The average molecular weight is 344 g/mol. The molecular weight excluding hydrogens is 328 g/mol. The van der Waals surface area contributed by atoms with Crippen molar-refractivity contribution in [2.45, 2.75) is 6.54 Å². The van der Waals surface area contributed by atoms with E-state index in [9.17, 15) is 4.79 Å². The second kappa shape index (κ2) is 6.76. The molecule has 0 bridgehead atoms. The average Bonchev–Trinajstić information content (AvgIpc) is 2.70. The molecule has 0 aliphatic carbocycles. The fourth-order valence-corrected chi connectivity index (χ4v) is 2.92. The van der Waals surface area contributed by atoms with Crippen LogP contribution in [0.3, 0.4) is 0 Å². The molecule has 128 valence electrons. The Bertz CT molecular complexity index is 1140. The maximum Gasteiger partial charge on any atom is 0.269 e. The van der Waals surface area contributed by atoms with Crippen LogP contribution in [0.5, 0.6) is 5.88 Å². The Morgan fingerprint density at radius 2 is 1.88 bits per heavy atom. The van der Waals surface area contributed by atoms with Crippen LogP contribution in [0.1, 0.15) is 5.56 Å². The molecule has 6 heteroatoms. The van der Waals surface area contributed by atoms with E-state index in [0.717, 1.165) is 22.2 Å². The van der Waals surface area contributed by atoms with Gasteiger partial charge < -0.3 is 9.30 Å². The molecule has 0 spiro atoms. The van der Waals surface area contributed by atoms with Gasteiger partial charge in [0, 0.05) is 18.5 Å². The van der Waals surface area contributed by atoms with Gasteiger partial charge in [0.2, 0.25) is 5.88 Å². The fraction of sp³-hybridized carbons (Fsp3) is 0.100. The molecule has 4 rings (SSSR count). The van der Waals surface area contributed by atoms with Gasteiger partial charge >= 0.3 is 0 Å². The van der Waals surface area contributed by atoms with Crippen LogP contribution >= 0.6 is 0 Å². The molecular formula is C20H16N4O2. The lowest BCUT2D eigenvalue weighted by molar-refractivity contribution is 0.398. The number of methoxy groups -OCH3 is 1. The van der Waals surface area contributed by atoms with E-state index in [4.69, 9.17) is 4.74 Å². The number of fused-ring (bicyclic) bond motifs is 1. The summed E-state index contributed by atoms with van der Waals surface area (Å²) in [5.41, 5.74) is 4.39. The zero-order valence-electron chi connectivity index (χ0n) is 14.2. The predicted octanol–water partition coefficient (Wildman–Crippen LogP) is 2.91. The lowest BCUT2D eigenvalue weighted by Crippen LogP contribution is -2.21. The molecule has 4 aromatic rings. The molecule has 1 aromatic carbocycles. The quantitative estimate of drug-likeness (QED) is 0.569. The van der Waals surface area contributed by atoms with E-state index in [-0.39, 0.29) is 5.56 Å². The van der Waals surface area contributed by atoms with Gasteiger partial charge in [-0.1, -0.05) is 18.2 Å². The monoisotopic (exact) mass is 344 g/mol. The summed E-state index contributed by atoms with van der Waals surface area (Å²) in [6.45, 7) is 0.456. The largest absolute Gasteiger partial charge is 0.481 e. The van der Waals surface area contributed by atoms with Crippen LogP contribution in [0.25, 0.3) is 22.2 Å². The number of hydrogen-bond donors (Lipinski definition) is 0. The minimum absolute atomic E-state index is 0.139. The summed E-state index contributed by atoms with van der Waals surface area (Å²) in [7, 11) is 1.60. The highest BCUT2D eigenvalue weighted by atomic mass is 16.5. The molecule has 0 fully saturated rings. The molecule has 0 radical (unpaired) electrons. The first kappa shape index (κ1) is 16.0. The first-order valence-electron chi connectivity index (χ1n) is 8.13. The standard InChI is InChI=1S/C20H16N4O2/c1-26-19-10-16(5-8-22-19)15-4-2-3-14(9-15)13-24-18-6-7-21-11-17(18)23-12-20(24)25/h2-12H,13H2,1H3. The zero-order valence-corrected chi connectivity index (χ0v) is 14.2. The molecule has 6 nitrogen and oxygen atoms in total. The van der Waals surface area contributed by atoms with E-state index < -0.39 is 0 Å². The first-order chi connectivity index (χ1) is 12.7. The predicted molar refractivity (Wildman–Crippen MR) is 99.1 cm³/mol. The van der Waals surface area contributed by atoms with E-state index in [1.165, 1.54) is 6.20 Å². The number of ether oxygens (including phenoxy) is 1. The van der Waals surface area contributed by atoms with Gasteiger partial charge in [-0.05, 0) is 34.9 Å². The maximum atomic E-state index is 12.3. The van der Waals surface area contributed by atoms with Gasteiger partial charge in [-0.2, -0.15) is 0 Å². The van der Waals surface area contributed by atoms with E-state index in [0.29, 0.717) is 17.9 Å². The molecule has 0 atom stereocenters. The van der Waals surface area contributed by atoms with Gasteiger partial charge in [0.25, 0.3) is 5.56 Å². The SMILES string of the molecule is COc1cc(-c2cccc(Cn3c(=O)cnc4cnccc43)c2)ccn1. The molecule has 0 amide bonds. The van der Waals surface area contributed by atoms with Crippen LogP contribution in [-0.2, 0) is 6.54 Å². The molecule has 0 saturated heterocycles. The molecule has 0 aliphatic heterocycles. The van der Waals surface area contributed by atoms with Crippen LogP contribution in [-0.4, -0.2) is 26.6 Å². The minimum atomic E-state index is -0.139. The summed E-state index contributed by atoms with van der Waals surface area (Å²) >= 11 is 0. The van der Waals surface area contributed by atoms with Gasteiger partial charge in [-0.15, -0.1) is 0 Å². The van der Waals surface area contributed by atoms with E-state index in [1.54, 1.807) is 36.3 Å². The number of nitrogens with zero attached hydrogens (tertiary/aromatic N) is 4. The summed E-state index contributed by atoms with van der Waals surface area (Å²) in [4.78, 5) is 24.7. The highest BCUT2D eigenvalue weighted by Crippen LogP contribution is 2.23. The Morgan fingerprint density at radius 3 is 2.77 bits per heavy atom. The highest BCUT2D eigenvalue weighted by Gasteiger charge is 2.07. The van der Waals surface area contributed by atoms with Crippen molar-refractivity contribution in [3.8, 4) is 17.0 Å². The Kier molecular flexibility index (Phi) is 4.15. The fourth-order valence-electron chi connectivity index (χ4n) is 2.92. The number of hydrogen-bond acceptors (Lipinski definition) is 5. The van der Waals surface area contributed by atoms with Gasteiger partial charge in [-0.25, -0.2) is 9.97 Å². The molecule has 0 N–H and O–H groups in total. The lowest BCUT2D eigenvalue weighted by Gasteiger charge is -2.11. The molecule has 3 heterocycles. The third kappa shape index (κ3) is 3.04. The van der Waals surface area contributed by atoms with E-state index in [1.807, 2.05) is 30.3 Å². The number of rotatable bonds is 4. The second-order valence-electron chi connectivity index (χ2n) is 5.83. The van der Waals surface area contributed by atoms with Crippen molar-refractivity contribution < 1.29 is 4.74 Å². The van der Waals surface area contributed by atoms with Crippen molar-refractivity contribution in [1.29, 1.82) is 0 Å². The van der Waals surface area contributed by atoms with Crippen molar-refractivity contribution in [2.24, 2.45) is 0 Å². The minimum Gasteiger partial charge on any atom is -0.481 e. The number of pyridine rings is 2. The number of aromatic nitrogens is 4. The second-order valence-corrected chi connectivity index (χ2v) is 5.83. The molecule has 0 saturated carbocycles. The van der Waals surface area contributed by atoms with Crippen molar-refractivity contribution >= 4 is 11.0 Å². The maximum absolute atomic E-state index is 12.3. The van der Waals surface area contributed by atoms with Crippen LogP contribution < -0.4 is 10.3 Å². The lowest BCUT2D eigenvalue weighted by atomic mass is 10.0. The Balaban J connectivity index is 1.74. The zero-order chi connectivity index (χ0) is 17.9. The highest BCUT2D eigenvalue weighted by molar-refractivity contribution is 5.73. The van der Waals surface area contributed by atoms with Gasteiger partial charge in [-0.3, -0.25) is 9.78 Å². The van der Waals surface area contributed by atoms with E-state index in [2.05, 4.69) is 21.0 Å².